The van der Waals surface area contributed by atoms with Crippen LogP contribution in [0.15, 0.2) is 0 Å². The first-order chi connectivity index (χ1) is 6.42. The first kappa shape index (κ1) is 13.4. The molecule has 1 N–H and O–H groups in total. The highest BCUT2D eigenvalue weighted by atomic mass is 16.5. The summed E-state index contributed by atoms with van der Waals surface area (Å²) in [5, 5.41) is 8.98. The molecular weight excluding hydrogens is 180 g/mol. The van der Waals surface area contributed by atoms with E-state index in [-0.39, 0.29) is 5.92 Å². The molecule has 1 unspecified atom stereocenters. The van der Waals surface area contributed by atoms with Gasteiger partial charge in [0.2, 0.25) is 0 Å². The summed E-state index contributed by atoms with van der Waals surface area (Å²) < 4.78 is 5.21. The van der Waals surface area contributed by atoms with Crippen LogP contribution in [0.3, 0.4) is 0 Å². The number of hydrogen-bond donors (Lipinski definition) is 1. The van der Waals surface area contributed by atoms with E-state index < -0.39 is 11.4 Å². The Morgan fingerprint density at radius 2 is 2.07 bits per heavy atom. The first-order valence-electron chi connectivity index (χ1n) is 5.24. The maximum atomic E-state index is 10.9. The van der Waals surface area contributed by atoms with Gasteiger partial charge < -0.3 is 9.84 Å². The zero-order valence-electron chi connectivity index (χ0n) is 9.67. The quantitative estimate of drug-likeness (QED) is 0.645. The van der Waals surface area contributed by atoms with Gasteiger partial charge in [-0.15, -0.1) is 0 Å². The van der Waals surface area contributed by atoms with Gasteiger partial charge in [0.05, 0.1) is 5.41 Å². The van der Waals surface area contributed by atoms with Gasteiger partial charge in [-0.1, -0.05) is 6.92 Å². The molecule has 0 heterocycles. The Morgan fingerprint density at radius 3 is 2.50 bits per heavy atom. The van der Waals surface area contributed by atoms with E-state index >= 15 is 0 Å². The van der Waals surface area contributed by atoms with E-state index in [1.807, 2.05) is 13.8 Å². The van der Waals surface area contributed by atoms with Crippen LogP contribution in [0.25, 0.3) is 0 Å². The van der Waals surface area contributed by atoms with Gasteiger partial charge in [-0.05, 0) is 39.5 Å². The molecule has 0 fully saturated rings. The highest BCUT2D eigenvalue weighted by Crippen LogP contribution is 2.30. The Morgan fingerprint density at radius 1 is 1.50 bits per heavy atom. The number of aliphatic carboxylic acids is 1. The Labute approximate surface area is 86.5 Å². The second-order valence-electron chi connectivity index (χ2n) is 4.27. The van der Waals surface area contributed by atoms with Crippen LogP contribution in [-0.4, -0.2) is 24.3 Å². The molecule has 0 aliphatic rings. The average molecular weight is 202 g/mol. The van der Waals surface area contributed by atoms with Crippen LogP contribution in [-0.2, 0) is 9.53 Å². The molecule has 84 valence electrons. The number of carboxylic acid groups (broad SMARTS) is 1. The SMILES string of the molecule is CCOCCCC(C)C(C)(C)C(=O)O. The molecule has 14 heavy (non-hydrogen) atoms. The molecule has 0 aliphatic carbocycles. The van der Waals surface area contributed by atoms with Crippen molar-refractivity contribution in [3.8, 4) is 0 Å². The molecule has 0 spiro atoms. The van der Waals surface area contributed by atoms with E-state index in [0.717, 1.165) is 26.1 Å². The molecule has 0 aliphatic heterocycles. The number of carboxylic acids is 1. The van der Waals surface area contributed by atoms with Crippen molar-refractivity contribution in [1.29, 1.82) is 0 Å². The van der Waals surface area contributed by atoms with Crippen LogP contribution < -0.4 is 0 Å². The van der Waals surface area contributed by atoms with Crippen molar-refractivity contribution in [3.05, 3.63) is 0 Å². The first-order valence-corrected chi connectivity index (χ1v) is 5.24. The van der Waals surface area contributed by atoms with Gasteiger partial charge in [0.1, 0.15) is 0 Å². The topological polar surface area (TPSA) is 46.5 Å². The minimum atomic E-state index is -0.721. The van der Waals surface area contributed by atoms with Crippen LogP contribution >= 0.6 is 0 Å². The van der Waals surface area contributed by atoms with Crippen molar-refractivity contribution in [2.24, 2.45) is 11.3 Å². The van der Waals surface area contributed by atoms with E-state index in [1.54, 1.807) is 13.8 Å². The maximum absolute atomic E-state index is 10.9. The van der Waals surface area contributed by atoms with Gasteiger partial charge in [0.15, 0.2) is 0 Å². The summed E-state index contributed by atoms with van der Waals surface area (Å²) >= 11 is 0. The van der Waals surface area contributed by atoms with Crippen LogP contribution in [0, 0.1) is 11.3 Å². The van der Waals surface area contributed by atoms with Gasteiger partial charge in [-0.2, -0.15) is 0 Å². The fourth-order valence-corrected chi connectivity index (χ4v) is 1.21. The van der Waals surface area contributed by atoms with Crippen molar-refractivity contribution in [1.82, 2.24) is 0 Å². The third kappa shape index (κ3) is 4.09. The lowest BCUT2D eigenvalue weighted by atomic mass is 9.78. The molecule has 0 bridgehead atoms. The fraction of sp³-hybridized carbons (Fsp3) is 0.909. The predicted molar refractivity (Wildman–Crippen MR) is 56.3 cm³/mol. The predicted octanol–water partition coefficient (Wildman–Crippen LogP) is 2.55. The van der Waals surface area contributed by atoms with E-state index in [0.29, 0.717) is 0 Å². The summed E-state index contributed by atoms with van der Waals surface area (Å²) in [5.41, 5.74) is -0.633. The van der Waals surface area contributed by atoms with Crippen LogP contribution in [0.5, 0.6) is 0 Å². The van der Waals surface area contributed by atoms with Crippen molar-refractivity contribution in [2.45, 2.75) is 40.5 Å². The van der Waals surface area contributed by atoms with Crippen LogP contribution in [0.2, 0.25) is 0 Å². The number of carbonyl (C=O) groups is 1. The van der Waals surface area contributed by atoms with Gasteiger partial charge in [-0.25, -0.2) is 0 Å². The summed E-state index contributed by atoms with van der Waals surface area (Å²) in [6.07, 6.45) is 1.84. The Hall–Kier alpha value is -0.570. The number of ether oxygens (including phenoxy) is 1. The summed E-state index contributed by atoms with van der Waals surface area (Å²) in [6.45, 7) is 8.97. The summed E-state index contributed by atoms with van der Waals surface area (Å²) in [4.78, 5) is 10.9. The summed E-state index contributed by atoms with van der Waals surface area (Å²) in [6, 6.07) is 0. The molecule has 0 saturated carbocycles. The number of hydrogen-bond acceptors (Lipinski definition) is 2. The average Bonchev–Trinajstić information content (AvgIpc) is 2.11. The lowest BCUT2D eigenvalue weighted by Crippen LogP contribution is -2.31. The fourth-order valence-electron chi connectivity index (χ4n) is 1.21. The molecule has 1 atom stereocenters. The number of rotatable bonds is 7. The molecule has 0 radical (unpaired) electrons. The Kier molecular flexibility index (Phi) is 5.77. The van der Waals surface area contributed by atoms with Crippen LogP contribution in [0.4, 0.5) is 0 Å². The minimum Gasteiger partial charge on any atom is -0.481 e. The largest absolute Gasteiger partial charge is 0.481 e. The molecule has 0 rings (SSSR count). The van der Waals surface area contributed by atoms with E-state index in [9.17, 15) is 4.79 Å². The molecule has 0 aromatic heterocycles. The molecule has 0 saturated heterocycles. The maximum Gasteiger partial charge on any atom is 0.309 e. The molecule has 3 heteroatoms. The molecular formula is C11H22O3. The zero-order chi connectivity index (χ0) is 11.2. The second kappa shape index (κ2) is 6.02. The third-order valence-corrected chi connectivity index (χ3v) is 2.91. The molecule has 0 amide bonds. The van der Waals surface area contributed by atoms with Crippen molar-refractivity contribution >= 4 is 5.97 Å². The minimum absolute atomic E-state index is 0.181. The van der Waals surface area contributed by atoms with E-state index in [2.05, 4.69) is 0 Å². The Bertz CT molecular complexity index is 175. The highest BCUT2D eigenvalue weighted by Gasteiger charge is 2.33. The molecule has 3 nitrogen and oxygen atoms in total. The summed E-state index contributed by atoms with van der Waals surface area (Å²) in [7, 11) is 0. The monoisotopic (exact) mass is 202 g/mol. The van der Waals surface area contributed by atoms with Gasteiger partial charge in [-0.3, -0.25) is 4.79 Å². The van der Waals surface area contributed by atoms with Crippen molar-refractivity contribution < 1.29 is 14.6 Å². The smallest absolute Gasteiger partial charge is 0.309 e. The van der Waals surface area contributed by atoms with Gasteiger partial charge >= 0.3 is 5.97 Å². The van der Waals surface area contributed by atoms with Crippen LogP contribution in [0.1, 0.15) is 40.5 Å². The van der Waals surface area contributed by atoms with Crippen molar-refractivity contribution in [2.75, 3.05) is 13.2 Å². The molecule has 0 aromatic carbocycles. The van der Waals surface area contributed by atoms with Crippen molar-refractivity contribution in [3.63, 3.8) is 0 Å². The van der Waals surface area contributed by atoms with E-state index in [1.165, 1.54) is 0 Å². The lowest BCUT2D eigenvalue weighted by Gasteiger charge is -2.27. The third-order valence-electron chi connectivity index (χ3n) is 2.91. The van der Waals surface area contributed by atoms with Gasteiger partial charge in [0.25, 0.3) is 0 Å². The molecule has 0 aromatic rings. The Balaban J connectivity index is 3.83. The zero-order valence-corrected chi connectivity index (χ0v) is 9.67. The second-order valence-corrected chi connectivity index (χ2v) is 4.27. The summed E-state index contributed by atoms with van der Waals surface area (Å²) in [5.74, 6) is -0.540. The van der Waals surface area contributed by atoms with Gasteiger partial charge in [0, 0.05) is 13.2 Å². The highest BCUT2D eigenvalue weighted by molar-refractivity contribution is 5.73. The normalized spacial score (nSPS) is 14.0. The van der Waals surface area contributed by atoms with E-state index in [4.69, 9.17) is 9.84 Å². The lowest BCUT2D eigenvalue weighted by molar-refractivity contribution is -0.149. The standard InChI is InChI=1S/C11H22O3/c1-5-14-8-6-7-9(2)11(3,4)10(12)13/h9H,5-8H2,1-4H3,(H,12,13).